The Morgan fingerprint density at radius 3 is 2.76 bits per heavy atom. The van der Waals surface area contributed by atoms with Crippen molar-refractivity contribution in [1.29, 1.82) is 0 Å². The van der Waals surface area contributed by atoms with Crippen molar-refractivity contribution in [2.45, 2.75) is 19.9 Å². The Labute approximate surface area is 118 Å². The van der Waals surface area contributed by atoms with E-state index in [-0.39, 0.29) is 0 Å². The summed E-state index contributed by atoms with van der Waals surface area (Å²) >= 11 is 11.0. The molecule has 0 unspecified atom stereocenters. The molecule has 1 aromatic heterocycles. The number of nitrogens with zero attached hydrogens (tertiary/aromatic N) is 1. The third-order valence-electron chi connectivity index (χ3n) is 2.47. The molecule has 2 N–H and O–H groups in total. The van der Waals surface area contributed by atoms with E-state index in [2.05, 4.69) is 27.8 Å². The van der Waals surface area contributed by atoms with E-state index in [1.165, 1.54) is 0 Å². The number of aromatic nitrogens is 1. The van der Waals surface area contributed by atoms with Crippen LogP contribution in [-0.4, -0.2) is 4.98 Å². The Hall–Kier alpha value is -0.420. The number of aryl methyl sites for hydroxylation is 1. The van der Waals surface area contributed by atoms with Crippen LogP contribution in [0.4, 0.5) is 0 Å². The quantitative estimate of drug-likeness (QED) is 0.913. The molecule has 0 atom stereocenters. The maximum atomic E-state index is 5.98. The van der Waals surface area contributed by atoms with Crippen molar-refractivity contribution < 1.29 is 0 Å². The largest absolute Gasteiger partial charge is 0.326 e. The smallest absolute Gasteiger partial charge is 0.123 e. The van der Waals surface area contributed by atoms with Crippen molar-refractivity contribution in [3.8, 4) is 10.6 Å². The fraction of sp³-hybridized carbons (Fsp3) is 0.250. The van der Waals surface area contributed by atoms with Gasteiger partial charge in [-0.2, -0.15) is 0 Å². The zero-order valence-electron chi connectivity index (χ0n) is 9.34. The number of nitrogens with two attached hydrogens (primary N) is 1. The van der Waals surface area contributed by atoms with Crippen LogP contribution in [-0.2, 0) is 13.0 Å². The molecular weight excluding hydrogens is 320 g/mol. The van der Waals surface area contributed by atoms with Crippen LogP contribution in [0.5, 0.6) is 0 Å². The van der Waals surface area contributed by atoms with Gasteiger partial charge < -0.3 is 5.73 Å². The molecule has 5 heteroatoms. The van der Waals surface area contributed by atoms with Gasteiger partial charge in [0.05, 0.1) is 10.7 Å². The number of benzene rings is 1. The number of hydrogen-bond acceptors (Lipinski definition) is 3. The second kappa shape index (κ2) is 5.48. The Kier molecular flexibility index (Phi) is 4.20. The Balaban J connectivity index is 2.45. The van der Waals surface area contributed by atoms with E-state index in [9.17, 15) is 0 Å². The summed E-state index contributed by atoms with van der Waals surface area (Å²) in [6.07, 6.45) is 0.914. The maximum Gasteiger partial charge on any atom is 0.123 e. The third-order valence-corrected chi connectivity index (χ3v) is 4.85. The number of halogens is 2. The first kappa shape index (κ1) is 13.0. The molecule has 0 aliphatic rings. The van der Waals surface area contributed by atoms with Crippen LogP contribution in [0.15, 0.2) is 22.7 Å². The van der Waals surface area contributed by atoms with Gasteiger partial charge in [-0.3, -0.25) is 0 Å². The van der Waals surface area contributed by atoms with E-state index < -0.39 is 0 Å². The average molecular weight is 332 g/mol. The van der Waals surface area contributed by atoms with Crippen LogP contribution >= 0.6 is 38.9 Å². The average Bonchev–Trinajstić information content (AvgIpc) is 2.75. The van der Waals surface area contributed by atoms with Gasteiger partial charge in [0.25, 0.3) is 0 Å². The second-order valence-corrected chi connectivity index (χ2v) is 5.92. The lowest BCUT2D eigenvalue weighted by Gasteiger charge is -1.99. The molecule has 17 heavy (non-hydrogen) atoms. The van der Waals surface area contributed by atoms with Gasteiger partial charge in [-0.15, -0.1) is 11.3 Å². The topological polar surface area (TPSA) is 38.9 Å². The molecule has 0 aliphatic heterocycles. The maximum absolute atomic E-state index is 5.98. The Morgan fingerprint density at radius 2 is 2.24 bits per heavy atom. The number of thiazole rings is 1. The van der Waals surface area contributed by atoms with Crippen molar-refractivity contribution in [3.63, 3.8) is 0 Å². The van der Waals surface area contributed by atoms with Gasteiger partial charge in [-0.1, -0.05) is 24.6 Å². The lowest BCUT2D eigenvalue weighted by Crippen LogP contribution is -1.96. The van der Waals surface area contributed by atoms with E-state index in [4.69, 9.17) is 17.3 Å². The predicted molar refractivity (Wildman–Crippen MR) is 77.5 cm³/mol. The first-order chi connectivity index (χ1) is 8.15. The zero-order chi connectivity index (χ0) is 12.4. The highest BCUT2D eigenvalue weighted by molar-refractivity contribution is 9.10. The van der Waals surface area contributed by atoms with Crippen molar-refractivity contribution in [1.82, 2.24) is 4.98 Å². The fourth-order valence-corrected chi connectivity index (χ4v) is 3.09. The zero-order valence-corrected chi connectivity index (χ0v) is 12.5. The highest BCUT2D eigenvalue weighted by atomic mass is 79.9. The van der Waals surface area contributed by atoms with Crippen LogP contribution in [0.1, 0.15) is 17.5 Å². The van der Waals surface area contributed by atoms with E-state index in [1.807, 2.05) is 18.2 Å². The first-order valence-electron chi connectivity index (χ1n) is 5.29. The lowest BCUT2D eigenvalue weighted by atomic mass is 10.2. The van der Waals surface area contributed by atoms with Crippen molar-refractivity contribution in [2.24, 2.45) is 5.73 Å². The second-order valence-electron chi connectivity index (χ2n) is 3.58. The molecule has 1 aromatic carbocycles. The summed E-state index contributed by atoms with van der Waals surface area (Å²) in [5.41, 5.74) is 7.88. The van der Waals surface area contributed by atoms with Gasteiger partial charge in [0, 0.05) is 21.5 Å². The van der Waals surface area contributed by atoms with Gasteiger partial charge in [-0.25, -0.2) is 4.98 Å². The monoisotopic (exact) mass is 330 g/mol. The highest BCUT2D eigenvalue weighted by Crippen LogP contribution is 2.32. The summed E-state index contributed by atoms with van der Waals surface area (Å²) in [7, 11) is 0. The summed E-state index contributed by atoms with van der Waals surface area (Å²) in [6.45, 7) is 2.64. The van der Waals surface area contributed by atoms with Gasteiger partial charge >= 0.3 is 0 Å². The Bertz CT molecular complexity index is 518. The van der Waals surface area contributed by atoms with Crippen LogP contribution in [0, 0.1) is 0 Å². The molecule has 0 amide bonds. The van der Waals surface area contributed by atoms with Crippen LogP contribution in [0.3, 0.4) is 0 Å². The molecule has 0 radical (unpaired) electrons. The molecule has 2 rings (SSSR count). The summed E-state index contributed by atoms with van der Waals surface area (Å²) in [4.78, 5) is 5.78. The molecule has 0 bridgehead atoms. The standard InChI is InChI=1S/C12H12BrClN2S/c1-2-10-11(6-15)17-12(16-10)7-3-4-9(14)8(13)5-7/h3-5H,2,6,15H2,1H3. The predicted octanol–water partition coefficient (Wildman–Crippen LogP) is 4.25. The van der Waals surface area contributed by atoms with Crippen LogP contribution in [0.2, 0.25) is 5.02 Å². The minimum Gasteiger partial charge on any atom is -0.326 e. The van der Waals surface area contributed by atoms with E-state index >= 15 is 0 Å². The lowest BCUT2D eigenvalue weighted by molar-refractivity contribution is 0.989. The summed E-state index contributed by atoms with van der Waals surface area (Å²) in [5, 5.41) is 1.71. The van der Waals surface area contributed by atoms with Crippen molar-refractivity contribution >= 4 is 38.9 Å². The molecule has 2 aromatic rings. The third kappa shape index (κ3) is 2.71. The molecule has 0 aliphatic carbocycles. The summed E-state index contributed by atoms with van der Waals surface area (Å²) in [6, 6.07) is 5.84. The molecule has 90 valence electrons. The van der Waals surface area contributed by atoms with Crippen LogP contribution < -0.4 is 5.73 Å². The van der Waals surface area contributed by atoms with Gasteiger partial charge in [-0.05, 0) is 34.5 Å². The highest BCUT2D eigenvalue weighted by Gasteiger charge is 2.11. The molecular formula is C12H12BrClN2S. The summed E-state index contributed by atoms with van der Waals surface area (Å²) < 4.78 is 0.888. The molecule has 1 heterocycles. The first-order valence-corrected chi connectivity index (χ1v) is 7.28. The van der Waals surface area contributed by atoms with Gasteiger partial charge in [0.1, 0.15) is 5.01 Å². The molecule has 0 saturated carbocycles. The molecule has 0 fully saturated rings. The van der Waals surface area contributed by atoms with Crippen molar-refractivity contribution in [3.05, 3.63) is 38.3 Å². The SMILES string of the molecule is CCc1nc(-c2ccc(Cl)c(Br)c2)sc1CN. The molecule has 0 saturated heterocycles. The Morgan fingerprint density at radius 1 is 1.47 bits per heavy atom. The van der Waals surface area contributed by atoms with Crippen LogP contribution in [0.25, 0.3) is 10.6 Å². The van der Waals surface area contributed by atoms with E-state index in [1.54, 1.807) is 11.3 Å². The van der Waals surface area contributed by atoms with E-state index in [0.29, 0.717) is 11.6 Å². The van der Waals surface area contributed by atoms with Gasteiger partial charge in [0.2, 0.25) is 0 Å². The molecule has 0 spiro atoms. The van der Waals surface area contributed by atoms with Crippen molar-refractivity contribution in [2.75, 3.05) is 0 Å². The number of rotatable bonds is 3. The minimum absolute atomic E-state index is 0.551. The van der Waals surface area contributed by atoms with E-state index in [0.717, 1.165) is 32.0 Å². The minimum atomic E-state index is 0.551. The fourth-order valence-electron chi connectivity index (χ4n) is 1.57. The van der Waals surface area contributed by atoms with Gasteiger partial charge in [0.15, 0.2) is 0 Å². The number of hydrogen-bond donors (Lipinski definition) is 1. The molecule has 2 nitrogen and oxygen atoms in total. The summed E-state index contributed by atoms with van der Waals surface area (Å²) in [5.74, 6) is 0. The normalized spacial score (nSPS) is 10.8.